The molecule has 0 bridgehead atoms. The Morgan fingerprint density at radius 2 is 1.32 bits per heavy atom. The molecule has 0 N–H and O–H groups in total. The van der Waals surface area contributed by atoms with E-state index in [1.165, 1.54) is 6.42 Å². The number of rotatable bonds is 17. The molecule has 0 aliphatic carbocycles. The lowest BCUT2D eigenvalue weighted by Crippen LogP contribution is -2.40. The molecule has 0 saturated carbocycles. The van der Waals surface area contributed by atoms with Gasteiger partial charge in [-0.25, -0.2) is 0 Å². The standard InChI is InChI=1S/C19H44N2O3Si/c1-8-13-22-25(23-14-9-2)24-17-19(16-21(11-4)12-5)18(10-3)15-20(6)7/h18-19,25H,8-17H2,1-7H3. The summed E-state index contributed by atoms with van der Waals surface area (Å²) in [5.41, 5.74) is 0. The summed E-state index contributed by atoms with van der Waals surface area (Å²) in [5.74, 6) is 1.14. The summed E-state index contributed by atoms with van der Waals surface area (Å²) in [4.78, 5) is 4.79. The average Bonchev–Trinajstić information content (AvgIpc) is 2.61. The molecule has 0 rings (SSSR count). The molecule has 0 aromatic rings. The minimum absolute atomic E-state index is 0.512. The molecule has 0 aromatic carbocycles. The first-order valence-electron chi connectivity index (χ1n) is 10.2. The minimum Gasteiger partial charge on any atom is -0.376 e. The van der Waals surface area contributed by atoms with Gasteiger partial charge in [-0.1, -0.05) is 41.0 Å². The second-order valence-corrected chi connectivity index (χ2v) is 8.62. The summed E-state index contributed by atoms with van der Waals surface area (Å²) in [5, 5.41) is 0. The fourth-order valence-electron chi connectivity index (χ4n) is 3.01. The Morgan fingerprint density at radius 3 is 1.72 bits per heavy atom. The van der Waals surface area contributed by atoms with Crippen molar-refractivity contribution >= 4 is 9.53 Å². The summed E-state index contributed by atoms with van der Waals surface area (Å²) in [7, 11) is 2.31. The summed E-state index contributed by atoms with van der Waals surface area (Å²) in [6.07, 6.45) is 3.18. The molecule has 5 nitrogen and oxygen atoms in total. The van der Waals surface area contributed by atoms with Crippen LogP contribution in [-0.2, 0) is 13.3 Å². The molecule has 0 amide bonds. The number of hydrogen-bond acceptors (Lipinski definition) is 5. The van der Waals surface area contributed by atoms with Gasteiger partial charge in [0, 0.05) is 32.9 Å². The zero-order chi connectivity index (χ0) is 19.1. The first-order valence-corrected chi connectivity index (χ1v) is 11.6. The molecule has 0 aliphatic heterocycles. The van der Waals surface area contributed by atoms with Gasteiger partial charge in [-0.2, -0.15) is 0 Å². The van der Waals surface area contributed by atoms with E-state index in [0.717, 1.165) is 58.8 Å². The van der Waals surface area contributed by atoms with Gasteiger partial charge in [0.2, 0.25) is 0 Å². The van der Waals surface area contributed by atoms with Crippen LogP contribution in [-0.4, -0.2) is 79.4 Å². The average molecular weight is 377 g/mol. The predicted octanol–water partition coefficient (Wildman–Crippen LogP) is 3.12. The van der Waals surface area contributed by atoms with Crippen LogP contribution in [0, 0.1) is 11.8 Å². The maximum atomic E-state index is 6.21. The summed E-state index contributed by atoms with van der Waals surface area (Å²) in [6, 6.07) is 0. The molecule has 0 aromatic heterocycles. The van der Waals surface area contributed by atoms with Crippen molar-refractivity contribution in [3.05, 3.63) is 0 Å². The highest BCUT2D eigenvalue weighted by Crippen LogP contribution is 2.20. The highest BCUT2D eigenvalue weighted by Gasteiger charge is 2.25. The second kappa shape index (κ2) is 16.2. The molecule has 0 saturated heterocycles. The largest absolute Gasteiger partial charge is 0.484 e. The third-order valence-electron chi connectivity index (χ3n) is 4.54. The summed E-state index contributed by atoms with van der Waals surface area (Å²) >= 11 is 0. The van der Waals surface area contributed by atoms with Crippen LogP contribution in [0.1, 0.15) is 53.9 Å². The van der Waals surface area contributed by atoms with Gasteiger partial charge in [0.25, 0.3) is 0 Å². The van der Waals surface area contributed by atoms with E-state index in [9.17, 15) is 0 Å². The monoisotopic (exact) mass is 376 g/mol. The van der Waals surface area contributed by atoms with Crippen LogP contribution in [0.4, 0.5) is 0 Å². The molecule has 0 spiro atoms. The smallest absolute Gasteiger partial charge is 0.376 e. The van der Waals surface area contributed by atoms with Crippen molar-refractivity contribution in [3.8, 4) is 0 Å². The first kappa shape index (κ1) is 25.0. The molecular formula is C19H44N2O3Si. The van der Waals surface area contributed by atoms with Crippen molar-refractivity contribution in [1.29, 1.82) is 0 Å². The van der Waals surface area contributed by atoms with E-state index in [4.69, 9.17) is 13.3 Å². The molecule has 2 unspecified atom stereocenters. The van der Waals surface area contributed by atoms with Crippen molar-refractivity contribution in [2.45, 2.75) is 53.9 Å². The van der Waals surface area contributed by atoms with E-state index in [2.05, 4.69) is 58.5 Å². The Labute approximate surface area is 159 Å². The van der Waals surface area contributed by atoms with E-state index >= 15 is 0 Å². The van der Waals surface area contributed by atoms with Gasteiger partial charge in [-0.3, -0.25) is 0 Å². The molecule has 0 radical (unpaired) electrons. The third-order valence-corrected chi connectivity index (χ3v) is 6.02. The first-order chi connectivity index (χ1) is 12.0. The van der Waals surface area contributed by atoms with Crippen molar-refractivity contribution in [1.82, 2.24) is 9.80 Å². The summed E-state index contributed by atoms with van der Waals surface area (Å²) < 4.78 is 17.9. The molecule has 152 valence electrons. The molecule has 6 heteroatoms. The Balaban J connectivity index is 4.84. The Kier molecular flexibility index (Phi) is 16.2. The highest BCUT2D eigenvalue weighted by atomic mass is 28.3. The lowest BCUT2D eigenvalue weighted by Gasteiger charge is -2.33. The fraction of sp³-hybridized carbons (Fsp3) is 1.00. The van der Waals surface area contributed by atoms with Crippen LogP contribution < -0.4 is 0 Å². The summed E-state index contributed by atoms with van der Waals surface area (Å²) in [6.45, 7) is 17.6. The van der Waals surface area contributed by atoms with Gasteiger partial charge in [-0.15, -0.1) is 0 Å². The predicted molar refractivity (Wildman–Crippen MR) is 109 cm³/mol. The molecule has 0 fully saturated rings. The van der Waals surface area contributed by atoms with Crippen LogP contribution >= 0.6 is 0 Å². The lowest BCUT2D eigenvalue weighted by atomic mass is 9.89. The van der Waals surface area contributed by atoms with E-state index in [1.54, 1.807) is 0 Å². The Morgan fingerprint density at radius 1 is 0.760 bits per heavy atom. The molecule has 2 atom stereocenters. The lowest BCUT2D eigenvalue weighted by molar-refractivity contribution is 0.0539. The number of hydrogen-bond donors (Lipinski definition) is 0. The maximum absolute atomic E-state index is 6.21. The molecule has 25 heavy (non-hydrogen) atoms. The normalized spacial score (nSPS) is 14.6. The third kappa shape index (κ3) is 12.1. The minimum atomic E-state index is -2.01. The van der Waals surface area contributed by atoms with Gasteiger partial charge >= 0.3 is 9.53 Å². The van der Waals surface area contributed by atoms with E-state index in [0.29, 0.717) is 11.8 Å². The van der Waals surface area contributed by atoms with Crippen LogP contribution in [0.25, 0.3) is 0 Å². The van der Waals surface area contributed by atoms with Crippen molar-refractivity contribution in [2.75, 3.05) is 60.1 Å². The molecule has 0 heterocycles. The van der Waals surface area contributed by atoms with E-state index in [-0.39, 0.29) is 0 Å². The van der Waals surface area contributed by atoms with Crippen LogP contribution in [0.15, 0.2) is 0 Å². The topological polar surface area (TPSA) is 34.2 Å². The van der Waals surface area contributed by atoms with Gasteiger partial charge in [0.05, 0.1) is 0 Å². The quantitative estimate of drug-likeness (QED) is 0.364. The van der Waals surface area contributed by atoms with Gasteiger partial charge in [0.1, 0.15) is 0 Å². The maximum Gasteiger partial charge on any atom is 0.484 e. The Bertz CT molecular complexity index is 284. The second-order valence-electron chi connectivity index (χ2n) is 7.04. The van der Waals surface area contributed by atoms with Gasteiger partial charge < -0.3 is 23.1 Å². The number of nitrogens with zero attached hydrogens (tertiary/aromatic N) is 2. The Hall–Kier alpha value is 0.0169. The van der Waals surface area contributed by atoms with Gasteiger partial charge in [-0.05, 0) is 51.9 Å². The van der Waals surface area contributed by atoms with E-state index in [1.807, 2.05) is 0 Å². The zero-order valence-electron chi connectivity index (χ0n) is 17.9. The fourth-order valence-corrected chi connectivity index (χ4v) is 4.56. The van der Waals surface area contributed by atoms with Crippen molar-refractivity contribution in [3.63, 3.8) is 0 Å². The van der Waals surface area contributed by atoms with Gasteiger partial charge in [0.15, 0.2) is 0 Å². The zero-order valence-corrected chi connectivity index (χ0v) is 19.1. The van der Waals surface area contributed by atoms with Crippen LogP contribution in [0.3, 0.4) is 0 Å². The van der Waals surface area contributed by atoms with E-state index < -0.39 is 9.53 Å². The SMILES string of the molecule is CCCO[SiH](OCCC)OCC(CN(CC)CC)C(CC)CN(C)C. The molecular weight excluding hydrogens is 332 g/mol. The van der Waals surface area contributed by atoms with Crippen molar-refractivity contribution < 1.29 is 13.3 Å². The highest BCUT2D eigenvalue weighted by molar-refractivity contribution is 6.36. The van der Waals surface area contributed by atoms with Crippen LogP contribution in [0.2, 0.25) is 0 Å². The molecule has 0 aliphatic rings. The van der Waals surface area contributed by atoms with Crippen molar-refractivity contribution in [2.24, 2.45) is 11.8 Å². The van der Waals surface area contributed by atoms with Crippen LogP contribution in [0.5, 0.6) is 0 Å².